The molecular formula is C43H72O13. The number of hydrogen-bond acceptors (Lipinski definition) is 13. The Balaban J connectivity index is 1.15. The van der Waals surface area contributed by atoms with Crippen molar-refractivity contribution in [2.24, 2.45) is 50.2 Å². The van der Waals surface area contributed by atoms with Crippen molar-refractivity contribution in [3.63, 3.8) is 0 Å². The normalized spacial score (nSPS) is 55.2. The maximum absolute atomic E-state index is 12.1. The van der Waals surface area contributed by atoms with Gasteiger partial charge in [0.25, 0.3) is 0 Å². The molecule has 2 heterocycles. The van der Waals surface area contributed by atoms with Crippen LogP contribution in [0.2, 0.25) is 0 Å². The fraction of sp³-hybridized carbons (Fsp3) is 0.953. The number of methoxy groups -OCH3 is 1. The van der Waals surface area contributed by atoms with Gasteiger partial charge in [0.2, 0.25) is 0 Å². The zero-order valence-electron chi connectivity index (χ0n) is 35.0. The fourth-order valence-electron chi connectivity index (χ4n) is 14.0. The summed E-state index contributed by atoms with van der Waals surface area (Å²) in [7, 11) is 1.82. The van der Waals surface area contributed by atoms with Crippen molar-refractivity contribution in [1.82, 2.24) is 0 Å². The Morgan fingerprint density at radius 1 is 0.750 bits per heavy atom. The first kappa shape index (κ1) is 43.3. The summed E-state index contributed by atoms with van der Waals surface area (Å²) < 4.78 is 30.8. The number of hydrogen-bond donors (Lipinski definition) is 8. The zero-order chi connectivity index (χ0) is 41.1. The summed E-state index contributed by atoms with van der Waals surface area (Å²) in [6, 6.07) is 0. The lowest BCUT2D eigenvalue weighted by atomic mass is 9.33. The van der Waals surface area contributed by atoms with Crippen LogP contribution in [0.3, 0.4) is 0 Å². The smallest absolute Gasteiger partial charge is 0.187 e. The van der Waals surface area contributed by atoms with Crippen molar-refractivity contribution in [3.8, 4) is 0 Å². The second-order valence-corrected chi connectivity index (χ2v) is 21.2. The summed E-state index contributed by atoms with van der Waals surface area (Å²) in [6.45, 7) is 17.3. The third-order valence-electron chi connectivity index (χ3n) is 17.5. The second-order valence-electron chi connectivity index (χ2n) is 21.2. The van der Waals surface area contributed by atoms with E-state index in [9.17, 15) is 40.9 Å². The SMILES string of the molecule is CO[C@@H]1C=C2[C@H]3CC(C)(C)CC[C@@]3(CO)[C@H](O)C[C@]2(C)[C@]2(C)CC[C@H]3C(C)(C)[C@@H](O[C@H]4O[C@@H](C)[C@H](O)[C@H](O[C@H]5O[C@@H](CO)[C@@H](O)[C@H](O)[C@H]5O)[C@H]4O)CC[C@]3(C)[C@@H]12. The van der Waals surface area contributed by atoms with E-state index >= 15 is 0 Å². The van der Waals surface area contributed by atoms with Crippen molar-refractivity contribution in [3.05, 3.63) is 11.6 Å². The number of fused-ring (bicyclic) bond motifs is 7. The highest BCUT2D eigenvalue weighted by molar-refractivity contribution is 5.37. The number of allylic oxidation sites excluding steroid dienone is 1. The van der Waals surface area contributed by atoms with Gasteiger partial charge in [-0.25, -0.2) is 0 Å². The maximum Gasteiger partial charge on any atom is 0.187 e. The highest BCUT2D eigenvalue weighted by Gasteiger charge is 2.72. The van der Waals surface area contributed by atoms with E-state index in [1.165, 1.54) is 5.57 Å². The summed E-state index contributed by atoms with van der Waals surface area (Å²) in [4.78, 5) is 0. The lowest BCUT2D eigenvalue weighted by Gasteiger charge is -2.73. The molecule has 6 fully saturated rings. The van der Waals surface area contributed by atoms with Crippen molar-refractivity contribution < 1.29 is 64.5 Å². The van der Waals surface area contributed by atoms with Gasteiger partial charge in [0.15, 0.2) is 12.6 Å². The molecular weight excluding hydrogens is 724 g/mol. The van der Waals surface area contributed by atoms with E-state index in [2.05, 4.69) is 54.5 Å². The summed E-state index contributed by atoms with van der Waals surface area (Å²) in [5, 5.41) is 86.7. The van der Waals surface area contributed by atoms with Crippen LogP contribution < -0.4 is 0 Å². The third-order valence-corrected chi connectivity index (χ3v) is 17.5. The van der Waals surface area contributed by atoms with Crippen LogP contribution in [0.5, 0.6) is 0 Å². The molecule has 2 saturated heterocycles. The lowest BCUT2D eigenvalue weighted by Crippen LogP contribution is -2.69. The van der Waals surface area contributed by atoms with E-state index in [1.807, 2.05) is 7.11 Å². The van der Waals surface area contributed by atoms with E-state index in [0.717, 1.165) is 38.5 Å². The first-order valence-corrected chi connectivity index (χ1v) is 21.2. The van der Waals surface area contributed by atoms with Gasteiger partial charge in [0.1, 0.15) is 42.7 Å². The number of aliphatic hydroxyl groups excluding tert-OH is 8. The second kappa shape index (κ2) is 14.7. The van der Waals surface area contributed by atoms with E-state index in [1.54, 1.807) is 6.92 Å². The Kier molecular flexibility index (Phi) is 11.4. The molecule has 7 rings (SSSR count). The van der Waals surface area contributed by atoms with Crippen LogP contribution in [-0.2, 0) is 23.7 Å². The van der Waals surface area contributed by atoms with E-state index in [0.29, 0.717) is 12.8 Å². The van der Waals surface area contributed by atoms with Crippen molar-refractivity contribution in [2.75, 3.05) is 20.3 Å². The first-order chi connectivity index (χ1) is 26.1. The Labute approximate surface area is 332 Å². The number of ether oxygens (including phenoxy) is 5. The molecule has 0 aromatic heterocycles. The summed E-state index contributed by atoms with van der Waals surface area (Å²) in [5.41, 5.74) is -0.117. The van der Waals surface area contributed by atoms with Gasteiger partial charge in [0.05, 0.1) is 37.6 Å². The molecule has 56 heavy (non-hydrogen) atoms. The number of rotatable bonds is 7. The quantitative estimate of drug-likeness (QED) is 0.138. The standard InChI is InChI=1S/C43H72O13/c1-21-29(47)34(56-36-32(50)31(49)30(48)25(19-44)54-36)33(51)37(53-21)55-28-11-12-40(6)26(39(28,4)5)10-13-41(7)35(40)24(52-9)16-22-23-17-38(2,3)14-15-43(23,20-45)27(46)18-42(22,41)8/h16,21,23-37,44-51H,10-15,17-20H2,1-9H3/t21-,23+,24+,25-,26-,27+,28-,29-,30+,31-,32+,33+,34-,35+,36+,37+,40-,41+,42-,43-/m0/s1. The lowest BCUT2D eigenvalue weighted by molar-refractivity contribution is -0.367. The topological polar surface area (TPSA) is 208 Å². The van der Waals surface area contributed by atoms with Crippen LogP contribution in [0.25, 0.3) is 0 Å². The maximum atomic E-state index is 12.1. The fourth-order valence-corrected chi connectivity index (χ4v) is 14.0. The molecule has 4 saturated carbocycles. The Hall–Kier alpha value is -0.780. The molecule has 8 N–H and O–H groups in total. The Bertz CT molecular complexity index is 1470. The van der Waals surface area contributed by atoms with Gasteiger partial charge in [-0.05, 0) is 97.2 Å². The van der Waals surface area contributed by atoms with Crippen molar-refractivity contribution >= 4 is 0 Å². The van der Waals surface area contributed by atoms with Gasteiger partial charge in [-0.3, -0.25) is 0 Å². The molecule has 7 aliphatic rings. The molecule has 5 aliphatic carbocycles. The first-order valence-electron chi connectivity index (χ1n) is 21.2. The van der Waals surface area contributed by atoms with Crippen molar-refractivity contribution in [1.29, 1.82) is 0 Å². The Morgan fingerprint density at radius 3 is 2.07 bits per heavy atom. The molecule has 0 aromatic carbocycles. The minimum Gasteiger partial charge on any atom is -0.396 e. The van der Waals surface area contributed by atoms with Gasteiger partial charge in [-0.1, -0.05) is 60.1 Å². The van der Waals surface area contributed by atoms with E-state index < -0.39 is 79.5 Å². The molecule has 2 aliphatic heterocycles. The molecule has 0 radical (unpaired) electrons. The van der Waals surface area contributed by atoms with Crippen molar-refractivity contribution in [2.45, 2.75) is 186 Å². The van der Waals surface area contributed by atoms with Gasteiger partial charge < -0.3 is 64.5 Å². The van der Waals surface area contributed by atoms with Gasteiger partial charge in [-0.15, -0.1) is 0 Å². The van der Waals surface area contributed by atoms with Crippen LogP contribution >= 0.6 is 0 Å². The van der Waals surface area contributed by atoms with Gasteiger partial charge in [-0.2, -0.15) is 0 Å². The highest BCUT2D eigenvalue weighted by atomic mass is 16.7. The minimum atomic E-state index is -1.70. The summed E-state index contributed by atoms with van der Waals surface area (Å²) in [6.07, 6.45) is -5.92. The van der Waals surface area contributed by atoms with E-state index in [-0.39, 0.29) is 63.6 Å². The number of aliphatic hydroxyl groups is 8. The average Bonchev–Trinajstić information content (AvgIpc) is 3.13. The van der Waals surface area contributed by atoms with Crippen LogP contribution in [0.15, 0.2) is 11.6 Å². The summed E-state index contributed by atoms with van der Waals surface area (Å²) >= 11 is 0. The average molecular weight is 797 g/mol. The zero-order valence-corrected chi connectivity index (χ0v) is 35.0. The third kappa shape index (κ3) is 6.26. The molecule has 0 amide bonds. The minimum absolute atomic E-state index is 0.0206. The molecule has 13 heteroatoms. The van der Waals surface area contributed by atoms with Crippen LogP contribution in [-0.4, -0.2) is 141 Å². The predicted molar refractivity (Wildman–Crippen MR) is 204 cm³/mol. The van der Waals surface area contributed by atoms with Crippen LogP contribution in [0, 0.1) is 50.2 Å². The Morgan fingerprint density at radius 2 is 1.43 bits per heavy atom. The largest absolute Gasteiger partial charge is 0.396 e. The molecule has 322 valence electrons. The molecule has 0 bridgehead atoms. The molecule has 13 nitrogen and oxygen atoms in total. The molecule has 20 atom stereocenters. The molecule has 0 spiro atoms. The molecule has 0 unspecified atom stereocenters. The van der Waals surface area contributed by atoms with E-state index in [4.69, 9.17) is 23.7 Å². The monoisotopic (exact) mass is 796 g/mol. The van der Waals surface area contributed by atoms with Crippen LogP contribution in [0.4, 0.5) is 0 Å². The van der Waals surface area contributed by atoms with Gasteiger partial charge in [0, 0.05) is 18.4 Å². The summed E-state index contributed by atoms with van der Waals surface area (Å²) in [5.74, 6) is 0.413. The predicted octanol–water partition coefficient (Wildman–Crippen LogP) is 2.41. The van der Waals surface area contributed by atoms with Crippen LogP contribution in [0.1, 0.15) is 107 Å². The molecule has 0 aromatic rings. The van der Waals surface area contributed by atoms with Gasteiger partial charge >= 0.3 is 0 Å². The highest BCUT2D eigenvalue weighted by Crippen LogP contribution is 2.76.